The summed E-state index contributed by atoms with van der Waals surface area (Å²) in [6.45, 7) is 5.56. The molecule has 0 atom stereocenters. The summed E-state index contributed by atoms with van der Waals surface area (Å²) in [5, 5.41) is 12.1. The van der Waals surface area contributed by atoms with E-state index in [1.807, 2.05) is 26.0 Å². The maximum Gasteiger partial charge on any atom is 0.276 e. The Morgan fingerprint density at radius 3 is 2.79 bits per heavy atom. The highest BCUT2D eigenvalue weighted by Crippen LogP contribution is 2.26. The van der Waals surface area contributed by atoms with Crippen molar-refractivity contribution in [3.63, 3.8) is 0 Å². The number of aryl methyl sites for hydroxylation is 2. The van der Waals surface area contributed by atoms with Crippen LogP contribution in [0.2, 0.25) is 0 Å². The maximum absolute atomic E-state index is 12.4. The van der Waals surface area contributed by atoms with Crippen molar-refractivity contribution in [2.75, 3.05) is 19.9 Å². The number of hydrogen-bond acceptors (Lipinski definition) is 8. The van der Waals surface area contributed by atoms with Gasteiger partial charge in [0.2, 0.25) is 5.88 Å². The molecule has 3 aromatic heterocycles. The minimum Gasteiger partial charge on any atom is -0.472 e. The highest BCUT2D eigenvalue weighted by molar-refractivity contribution is 5.92. The predicted octanol–water partition coefficient (Wildman–Crippen LogP) is 2.54. The van der Waals surface area contributed by atoms with Gasteiger partial charge in [-0.05, 0) is 38.5 Å². The maximum atomic E-state index is 12.4. The summed E-state index contributed by atoms with van der Waals surface area (Å²) in [4.78, 5) is 18.3. The van der Waals surface area contributed by atoms with E-state index in [4.69, 9.17) is 14.0 Å². The highest BCUT2D eigenvalue weighted by atomic mass is 16.5. The summed E-state index contributed by atoms with van der Waals surface area (Å²) < 4.78 is 16.4. The molecule has 9 heteroatoms. The number of carbonyl (C=O) groups is 1. The number of amides is 1. The van der Waals surface area contributed by atoms with E-state index in [1.54, 1.807) is 23.2 Å². The van der Waals surface area contributed by atoms with Gasteiger partial charge in [-0.2, -0.15) is 0 Å². The van der Waals surface area contributed by atoms with Crippen molar-refractivity contribution in [1.82, 2.24) is 25.2 Å². The average molecular weight is 395 g/mol. The van der Waals surface area contributed by atoms with Crippen molar-refractivity contribution in [3.05, 3.63) is 53.2 Å². The van der Waals surface area contributed by atoms with Crippen molar-refractivity contribution in [2.45, 2.75) is 26.9 Å². The van der Waals surface area contributed by atoms with Crippen LogP contribution in [0, 0.1) is 13.8 Å². The normalized spacial score (nSPS) is 14.1. The van der Waals surface area contributed by atoms with E-state index in [9.17, 15) is 4.79 Å². The number of aromatic nitrogens is 4. The van der Waals surface area contributed by atoms with Crippen molar-refractivity contribution in [2.24, 2.45) is 0 Å². The van der Waals surface area contributed by atoms with Crippen LogP contribution in [0.4, 0.5) is 0 Å². The Morgan fingerprint density at radius 2 is 2.10 bits per heavy atom. The zero-order chi connectivity index (χ0) is 20.2. The molecule has 1 fully saturated rings. The first-order valence-electron chi connectivity index (χ1n) is 9.33. The fourth-order valence-electron chi connectivity index (χ4n) is 2.97. The van der Waals surface area contributed by atoms with Gasteiger partial charge in [0.05, 0.1) is 12.2 Å². The molecule has 1 aliphatic heterocycles. The zero-order valence-electron chi connectivity index (χ0n) is 16.3. The Hall–Kier alpha value is -3.33. The molecule has 0 saturated carbocycles. The molecule has 4 heterocycles. The number of rotatable bonds is 5. The summed E-state index contributed by atoms with van der Waals surface area (Å²) in [5.74, 6) is 0.767. The molecule has 0 unspecified atom stereocenters. The second kappa shape index (κ2) is 8.36. The van der Waals surface area contributed by atoms with Crippen molar-refractivity contribution < 1.29 is 18.8 Å². The van der Waals surface area contributed by atoms with Gasteiger partial charge >= 0.3 is 0 Å². The van der Waals surface area contributed by atoms with E-state index < -0.39 is 0 Å². The van der Waals surface area contributed by atoms with Gasteiger partial charge in [-0.15, -0.1) is 10.2 Å². The van der Waals surface area contributed by atoms with Gasteiger partial charge in [0, 0.05) is 30.1 Å². The average Bonchev–Trinajstić information content (AvgIpc) is 3.13. The van der Waals surface area contributed by atoms with Crippen LogP contribution >= 0.6 is 0 Å². The third-order valence-electron chi connectivity index (χ3n) is 4.64. The number of hydrogen-bond donors (Lipinski definition) is 0. The van der Waals surface area contributed by atoms with Crippen LogP contribution in [0.25, 0.3) is 11.3 Å². The fourth-order valence-corrected chi connectivity index (χ4v) is 2.97. The molecule has 0 aromatic carbocycles. The third-order valence-corrected chi connectivity index (χ3v) is 4.64. The topological polar surface area (TPSA) is 103 Å². The molecule has 0 radical (unpaired) electrons. The fraction of sp³-hybridized carbons (Fsp3) is 0.350. The minimum atomic E-state index is -0.201. The summed E-state index contributed by atoms with van der Waals surface area (Å²) in [7, 11) is 0. The Labute approximate surface area is 167 Å². The van der Waals surface area contributed by atoms with E-state index in [-0.39, 0.29) is 24.9 Å². The molecule has 29 heavy (non-hydrogen) atoms. The second-order valence-electron chi connectivity index (χ2n) is 6.76. The molecular formula is C20H21N5O4. The zero-order valence-corrected chi connectivity index (χ0v) is 16.3. The SMILES string of the molecule is Cc1ccc(-c2noc(C)c2COc2ccc(C(=O)N3CCCOC3)nn2)cn1. The van der Waals surface area contributed by atoms with Gasteiger partial charge < -0.3 is 18.9 Å². The lowest BCUT2D eigenvalue weighted by atomic mass is 10.1. The Balaban J connectivity index is 1.44. The molecule has 150 valence electrons. The number of pyridine rings is 1. The van der Waals surface area contributed by atoms with Gasteiger partial charge in [-0.25, -0.2) is 0 Å². The molecule has 1 saturated heterocycles. The number of ether oxygens (including phenoxy) is 2. The first kappa shape index (κ1) is 19.0. The van der Waals surface area contributed by atoms with Crippen molar-refractivity contribution in [3.8, 4) is 17.1 Å². The van der Waals surface area contributed by atoms with Crippen molar-refractivity contribution >= 4 is 5.91 Å². The number of carbonyl (C=O) groups excluding carboxylic acids is 1. The lowest BCUT2D eigenvalue weighted by Crippen LogP contribution is -2.38. The number of nitrogens with zero attached hydrogens (tertiary/aromatic N) is 5. The van der Waals surface area contributed by atoms with Crippen LogP contribution in [0.3, 0.4) is 0 Å². The Morgan fingerprint density at radius 1 is 1.21 bits per heavy atom. The van der Waals surface area contributed by atoms with Crippen LogP contribution in [0.1, 0.15) is 33.9 Å². The van der Waals surface area contributed by atoms with E-state index in [1.165, 1.54) is 0 Å². The molecule has 4 rings (SSSR count). The first-order chi connectivity index (χ1) is 14.1. The molecule has 9 nitrogen and oxygen atoms in total. The summed E-state index contributed by atoms with van der Waals surface area (Å²) in [6, 6.07) is 7.08. The van der Waals surface area contributed by atoms with Gasteiger partial charge in [0.15, 0.2) is 5.69 Å². The van der Waals surface area contributed by atoms with Gasteiger partial charge in [-0.1, -0.05) is 5.16 Å². The molecule has 3 aromatic rings. The quantitative estimate of drug-likeness (QED) is 0.649. The van der Waals surface area contributed by atoms with Gasteiger partial charge in [0.1, 0.15) is 24.8 Å². The van der Waals surface area contributed by atoms with E-state index >= 15 is 0 Å². The van der Waals surface area contributed by atoms with E-state index in [2.05, 4.69) is 20.3 Å². The molecular weight excluding hydrogens is 374 g/mol. The van der Waals surface area contributed by atoms with Crippen LogP contribution in [-0.2, 0) is 11.3 Å². The molecule has 1 aliphatic rings. The van der Waals surface area contributed by atoms with E-state index in [0.29, 0.717) is 30.5 Å². The Bertz CT molecular complexity index is 979. The van der Waals surface area contributed by atoms with Gasteiger partial charge in [-0.3, -0.25) is 9.78 Å². The smallest absolute Gasteiger partial charge is 0.276 e. The standard InChI is InChI=1S/C20H21N5O4/c1-13-4-5-15(10-21-13)19-16(14(2)29-24-19)11-28-18-7-6-17(22-23-18)20(26)25-8-3-9-27-12-25/h4-7,10H,3,8-9,11-12H2,1-2H3. The summed E-state index contributed by atoms with van der Waals surface area (Å²) in [6.07, 6.45) is 2.57. The first-order valence-corrected chi connectivity index (χ1v) is 9.33. The van der Waals surface area contributed by atoms with Crippen LogP contribution < -0.4 is 4.74 Å². The molecule has 0 spiro atoms. The van der Waals surface area contributed by atoms with Crippen LogP contribution in [0.15, 0.2) is 35.0 Å². The molecule has 0 N–H and O–H groups in total. The largest absolute Gasteiger partial charge is 0.472 e. The monoisotopic (exact) mass is 395 g/mol. The third kappa shape index (κ3) is 4.24. The molecule has 0 bridgehead atoms. The minimum absolute atomic E-state index is 0.201. The highest BCUT2D eigenvalue weighted by Gasteiger charge is 2.20. The molecule has 0 aliphatic carbocycles. The Kier molecular flexibility index (Phi) is 5.48. The summed E-state index contributed by atoms with van der Waals surface area (Å²) >= 11 is 0. The molecule has 1 amide bonds. The lowest BCUT2D eigenvalue weighted by molar-refractivity contribution is -0.00610. The van der Waals surface area contributed by atoms with Crippen LogP contribution in [-0.4, -0.2) is 51.0 Å². The van der Waals surface area contributed by atoms with E-state index in [0.717, 1.165) is 23.2 Å². The van der Waals surface area contributed by atoms with Crippen LogP contribution in [0.5, 0.6) is 5.88 Å². The van der Waals surface area contributed by atoms with Crippen molar-refractivity contribution in [1.29, 1.82) is 0 Å². The van der Waals surface area contributed by atoms with Gasteiger partial charge in [0.25, 0.3) is 5.91 Å². The second-order valence-corrected chi connectivity index (χ2v) is 6.76. The summed E-state index contributed by atoms with van der Waals surface area (Å²) in [5.41, 5.74) is 3.52. The predicted molar refractivity (Wildman–Crippen MR) is 102 cm³/mol. The lowest BCUT2D eigenvalue weighted by Gasteiger charge is -2.26.